The molecule has 0 aromatic heterocycles. The van der Waals surface area contributed by atoms with Crippen molar-refractivity contribution >= 4 is 7.82 Å². The van der Waals surface area contributed by atoms with Gasteiger partial charge in [-0.25, -0.2) is 4.57 Å². The van der Waals surface area contributed by atoms with Crippen LogP contribution < -0.4 is 0 Å². The first-order chi connectivity index (χ1) is 8.83. The zero-order chi connectivity index (χ0) is 14.8. The molecule has 5 nitrogen and oxygen atoms in total. The van der Waals surface area contributed by atoms with Gasteiger partial charge in [0.2, 0.25) is 0 Å². The standard InChI is InChI=1S/C13H29O5P/c1-3-5-7-8-9-10-12-13(14,11-6-4-2)18-19(15,16)17/h14H,3-12H2,1-2H3,(H2,15,16,17). The summed E-state index contributed by atoms with van der Waals surface area (Å²) in [5.74, 6) is -1.68. The molecular formula is C13H29O5P. The smallest absolute Gasteiger partial charge is 0.365 e. The van der Waals surface area contributed by atoms with E-state index in [1.807, 2.05) is 6.92 Å². The summed E-state index contributed by atoms with van der Waals surface area (Å²) >= 11 is 0. The summed E-state index contributed by atoms with van der Waals surface area (Å²) in [6, 6.07) is 0. The highest BCUT2D eigenvalue weighted by atomic mass is 31.2. The summed E-state index contributed by atoms with van der Waals surface area (Å²) in [6.07, 6.45) is 8.42. The van der Waals surface area contributed by atoms with Crippen LogP contribution in [-0.4, -0.2) is 20.7 Å². The van der Waals surface area contributed by atoms with E-state index in [4.69, 9.17) is 9.79 Å². The van der Waals surface area contributed by atoms with Crippen molar-refractivity contribution in [3.05, 3.63) is 0 Å². The fraction of sp³-hybridized carbons (Fsp3) is 1.00. The highest BCUT2D eigenvalue weighted by Crippen LogP contribution is 2.43. The molecule has 0 aliphatic rings. The molecule has 0 saturated heterocycles. The molecule has 0 saturated carbocycles. The zero-order valence-corrected chi connectivity index (χ0v) is 13.1. The summed E-state index contributed by atoms with van der Waals surface area (Å²) in [5, 5.41) is 10.2. The molecule has 0 bridgehead atoms. The highest BCUT2D eigenvalue weighted by Gasteiger charge is 2.34. The fourth-order valence-corrected chi connectivity index (χ4v) is 2.70. The van der Waals surface area contributed by atoms with E-state index in [2.05, 4.69) is 11.4 Å². The molecule has 0 radical (unpaired) electrons. The number of unbranched alkanes of at least 4 members (excludes halogenated alkanes) is 6. The third kappa shape index (κ3) is 11.6. The van der Waals surface area contributed by atoms with E-state index < -0.39 is 13.6 Å². The second-order valence-corrected chi connectivity index (χ2v) is 6.31. The highest BCUT2D eigenvalue weighted by molar-refractivity contribution is 7.46. The molecule has 0 fully saturated rings. The first kappa shape index (κ1) is 19.1. The number of rotatable bonds is 12. The van der Waals surface area contributed by atoms with Crippen molar-refractivity contribution < 1.29 is 24.0 Å². The molecular weight excluding hydrogens is 267 g/mol. The molecule has 0 aromatic carbocycles. The molecule has 0 spiro atoms. The Balaban J connectivity index is 4.08. The summed E-state index contributed by atoms with van der Waals surface area (Å²) < 4.78 is 15.5. The molecule has 116 valence electrons. The Bertz CT molecular complexity index is 266. The lowest BCUT2D eigenvalue weighted by molar-refractivity contribution is -0.161. The lowest BCUT2D eigenvalue weighted by Crippen LogP contribution is -2.31. The summed E-state index contributed by atoms with van der Waals surface area (Å²) in [6.45, 7) is 4.11. The summed E-state index contributed by atoms with van der Waals surface area (Å²) in [5.41, 5.74) is 0. The number of phosphoric acid groups is 1. The number of phosphoric ester groups is 1. The zero-order valence-electron chi connectivity index (χ0n) is 12.2. The Labute approximate surface area is 116 Å². The van der Waals surface area contributed by atoms with Crippen molar-refractivity contribution in [1.29, 1.82) is 0 Å². The van der Waals surface area contributed by atoms with Crippen LogP contribution in [0.25, 0.3) is 0 Å². The largest absolute Gasteiger partial charge is 0.472 e. The van der Waals surface area contributed by atoms with E-state index in [0.717, 1.165) is 25.7 Å². The van der Waals surface area contributed by atoms with Gasteiger partial charge in [-0.15, -0.1) is 0 Å². The van der Waals surface area contributed by atoms with Gasteiger partial charge in [0.25, 0.3) is 0 Å². The quantitative estimate of drug-likeness (QED) is 0.290. The van der Waals surface area contributed by atoms with Gasteiger partial charge in [-0.05, 0) is 12.8 Å². The second kappa shape index (κ2) is 9.89. The van der Waals surface area contributed by atoms with Gasteiger partial charge in [-0.3, -0.25) is 4.52 Å². The minimum absolute atomic E-state index is 0.267. The maximum absolute atomic E-state index is 10.9. The van der Waals surface area contributed by atoms with Gasteiger partial charge in [-0.1, -0.05) is 52.4 Å². The molecule has 3 N–H and O–H groups in total. The molecule has 1 unspecified atom stereocenters. The average Bonchev–Trinajstić information content (AvgIpc) is 2.29. The fourth-order valence-electron chi connectivity index (χ4n) is 2.07. The number of hydrogen-bond acceptors (Lipinski definition) is 3. The lowest BCUT2D eigenvalue weighted by atomic mass is 10.0. The topological polar surface area (TPSA) is 87.0 Å². The summed E-state index contributed by atoms with van der Waals surface area (Å²) in [4.78, 5) is 17.7. The van der Waals surface area contributed by atoms with Crippen LogP contribution in [0.15, 0.2) is 0 Å². The van der Waals surface area contributed by atoms with Crippen LogP contribution in [0.3, 0.4) is 0 Å². The van der Waals surface area contributed by atoms with Crippen LogP contribution in [0.5, 0.6) is 0 Å². The summed E-state index contributed by atoms with van der Waals surface area (Å²) in [7, 11) is -4.64. The van der Waals surface area contributed by atoms with Gasteiger partial charge in [0.15, 0.2) is 5.79 Å². The SMILES string of the molecule is CCCCCCCCC(O)(CCCC)OP(=O)(O)O. The normalized spacial score (nSPS) is 15.4. The molecule has 0 aromatic rings. The van der Waals surface area contributed by atoms with Crippen LogP contribution in [0.1, 0.15) is 78.1 Å². The predicted octanol–water partition coefficient (Wildman–Crippen LogP) is 3.73. The van der Waals surface area contributed by atoms with E-state index >= 15 is 0 Å². The minimum atomic E-state index is -4.64. The molecule has 19 heavy (non-hydrogen) atoms. The van der Waals surface area contributed by atoms with Crippen molar-refractivity contribution in [2.24, 2.45) is 0 Å². The van der Waals surface area contributed by atoms with E-state index in [0.29, 0.717) is 6.42 Å². The van der Waals surface area contributed by atoms with E-state index in [-0.39, 0.29) is 12.8 Å². The van der Waals surface area contributed by atoms with Crippen LogP contribution in [0, 0.1) is 0 Å². The first-order valence-corrected chi connectivity index (χ1v) is 8.84. The average molecular weight is 296 g/mol. The molecule has 0 amide bonds. The third-order valence-electron chi connectivity index (χ3n) is 3.13. The van der Waals surface area contributed by atoms with E-state index in [9.17, 15) is 9.67 Å². The van der Waals surface area contributed by atoms with Gasteiger partial charge in [-0.2, -0.15) is 0 Å². The number of hydrogen-bond donors (Lipinski definition) is 3. The Morgan fingerprint density at radius 1 is 0.895 bits per heavy atom. The van der Waals surface area contributed by atoms with Crippen molar-refractivity contribution in [2.75, 3.05) is 0 Å². The van der Waals surface area contributed by atoms with Crippen molar-refractivity contribution in [2.45, 2.75) is 83.8 Å². The Hall–Kier alpha value is 0.0700. The van der Waals surface area contributed by atoms with Crippen LogP contribution in [-0.2, 0) is 9.09 Å². The van der Waals surface area contributed by atoms with Gasteiger partial charge >= 0.3 is 7.82 Å². The minimum Gasteiger partial charge on any atom is -0.365 e. The molecule has 1 atom stereocenters. The molecule has 0 aliphatic carbocycles. The van der Waals surface area contributed by atoms with Gasteiger partial charge in [0.1, 0.15) is 0 Å². The monoisotopic (exact) mass is 296 g/mol. The van der Waals surface area contributed by atoms with Gasteiger partial charge in [0.05, 0.1) is 0 Å². The van der Waals surface area contributed by atoms with Gasteiger partial charge < -0.3 is 14.9 Å². The first-order valence-electron chi connectivity index (χ1n) is 7.31. The molecule has 0 heterocycles. The van der Waals surface area contributed by atoms with Crippen LogP contribution >= 0.6 is 7.82 Å². The van der Waals surface area contributed by atoms with Crippen molar-refractivity contribution in [1.82, 2.24) is 0 Å². The Morgan fingerprint density at radius 3 is 1.89 bits per heavy atom. The molecule has 0 rings (SSSR count). The van der Waals surface area contributed by atoms with Crippen LogP contribution in [0.2, 0.25) is 0 Å². The Kier molecular flexibility index (Phi) is 9.93. The predicted molar refractivity (Wildman–Crippen MR) is 75.6 cm³/mol. The van der Waals surface area contributed by atoms with E-state index in [1.165, 1.54) is 19.3 Å². The van der Waals surface area contributed by atoms with Gasteiger partial charge in [0, 0.05) is 12.8 Å². The van der Waals surface area contributed by atoms with Crippen molar-refractivity contribution in [3.63, 3.8) is 0 Å². The maximum Gasteiger partial charge on any atom is 0.472 e. The third-order valence-corrected chi connectivity index (χ3v) is 3.71. The lowest BCUT2D eigenvalue weighted by Gasteiger charge is -2.28. The van der Waals surface area contributed by atoms with Crippen molar-refractivity contribution in [3.8, 4) is 0 Å². The second-order valence-electron chi connectivity index (χ2n) is 5.15. The maximum atomic E-state index is 10.9. The molecule has 6 heteroatoms. The van der Waals surface area contributed by atoms with Crippen LogP contribution in [0.4, 0.5) is 0 Å². The Morgan fingerprint density at radius 2 is 1.37 bits per heavy atom. The number of aliphatic hydroxyl groups is 1. The molecule has 0 aliphatic heterocycles. The van der Waals surface area contributed by atoms with E-state index in [1.54, 1.807) is 0 Å².